The van der Waals surface area contributed by atoms with Gasteiger partial charge in [-0.15, -0.1) is 12.4 Å². The van der Waals surface area contributed by atoms with E-state index in [0.29, 0.717) is 46.4 Å². The van der Waals surface area contributed by atoms with E-state index >= 15 is 0 Å². The zero-order chi connectivity index (χ0) is 78.1. The largest absolute Gasteiger partial charge is 1.00 e. The molecule has 6 aromatic carbocycles. The summed E-state index contributed by atoms with van der Waals surface area (Å²) in [6.07, 6.45) is 0.279. The first-order valence-corrected chi connectivity index (χ1v) is 33.2. The van der Waals surface area contributed by atoms with Crippen molar-refractivity contribution in [2.45, 2.75) is 118 Å². The van der Waals surface area contributed by atoms with E-state index in [1.165, 1.54) is 19.6 Å². The van der Waals surface area contributed by atoms with Crippen LogP contribution in [0.1, 0.15) is 137 Å². The van der Waals surface area contributed by atoms with Crippen molar-refractivity contribution >= 4 is 71.9 Å². The molecule has 6 aromatic rings. The quantitative estimate of drug-likeness (QED) is 0.00574. The van der Waals surface area contributed by atoms with Gasteiger partial charge in [-0.3, -0.25) is 19.8 Å². The first-order chi connectivity index (χ1) is 48.3. The van der Waals surface area contributed by atoms with E-state index in [0.717, 1.165) is 66.2 Å². The summed E-state index contributed by atoms with van der Waals surface area (Å²) in [5.74, 6) is 3.31. The average molecular weight is 1550 g/mol. The molecule has 0 spiro atoms. The van der Waals surface area contributed by atoms with Crippen molar-refractivity contribution in [2.75, 3.05) is 40.6 Å². The van der Waals surface area contributed by atoms with Gasteiger partial charge in [-0.1, -0.05) is 172 Å². The smallest absolute Gasteiger partial charge is 1.00 e. The summed E-state index contributed by atoms with van der Waals surface area (Å²) in [6.45, 7) is 17.0. The van der Waals surface area contributed by atoms with Crippen LogP contribution in [0.5, 0.6) is 0 Å². The first-order valence-electron chi connectivity index (χ1n) is 32.3. The van der Waals surface area contributed by atoms with Crippen LogP contribution >= 0.6 is 28.3 Å². The van der Waals surface area contributed by atoms with Gasteiger partial charge in [0, 0.05) is 59.5 Å². The summed E-state index contributed by atoms with van der Waals surface area (Å²) < 4.78 is 42.9. The van der Waals surface area contributed by atoms with E-state index in [1.807, 2.05) is 126 Å². The Morgan fingerprint density at radius 2 is 0.867 bits per heavy atom. The fourth-order valence-corrected chi connectivity index (χ4v) is 8.69. The number of nitrogens with two attached hydrogens (primary N) is 3. The Bertz CT molecular complexity index is 3650. The van der Waals surface area contributed by atoms with E-state index in [9.17, 15) is 27.6 Å². The number of ether oxygens (including phenoxy) is 1. The molecular weight excluding hydrogens is 1450 g/mol. The average Bonchev–Trinajstić information content (AvgIpc) is 1.66. The summed E-state index contributed by atoms with van der Waals surface area (Å²) in [7, 11) is 2.39. The van der Waals surface area contributed by atoms with Gasteiger partial charge in [0.1, 0.15) is 17.3 Å². The van der Waals surface area contributed by atoms with Gasteiger partial charge in [0.2, 0.25) is 0 Å². The number of nitrogens with one attached hydrogen (secondary N) is 1. The zero-order valence-corrected chi connectivity index (χ0v) is 66.3. The minimum absolute atomic E-state index is 0. The van der Waals surface area contributed by atoms with E-state index in [4.69, 9.17) is 73.7 Å². The molecule has 0 amide bonds. The molecule has 567 valence electrons. The number of carbonyl (C=O) groups excluding carboxylic acids is 2. The molecule has 28 heteroatoms. The Hall–Kier alpha value is -8.11. The third-order valence-electron chi connectivity index (χ3n) is 14.8. The number of nitriles is 3. The minimum atomic E-state index is -4.39. The molecule has 21 nitrogen and oxygen atoms in total. The summed E-state index contributed by atoms with van der Waals surface area (Å²) in [5.41, 5.74) is 21.3. The SMILES string of the molecule is CC(=O)C(C)Br.CC1=C(C(F)(F)F)N=C(c2ccc(C[C@H](C)CO)cc2)C1.CO.COC(=O)[C@@H](C)Cc1ccc(C#N)cc1.C[C@@H](Cc1ccc(C#N)cc1)C(=O)O.C[C@H](CO)Cc1ccc(C#N)cc1.C[C@H](CO)Cc1ccc(C(=N)N)cc1.C[C@H](CO)Cc1ccc(C(N)=NO)cc1.Cl.NO.[B].[H-].[Na+]. The standard InChI is InChI=1S/C16H18F3NO.C12H13NO2.C11H16N2O2.C11H16N2O.C11H11NO2.C11H13NO.C4H7BrO.CH4O.B.ClH.H3NO.Na.H/c1-10(9-21)7-12-3-5-13(6-4-12)14-8-11(2)15(20-14)16(17,18)19;1-9(12(14)15-2)7-10-3-5-11(8-13)6-4-10;1-8(7-14)6-9-2-4-10(5-3-9)11(12)13-15;1-8(7-14)6-9-2-4-10(5-3-9)11(12)13;1-8(11(13)14)6-9-2-4-10(7-12)5-3-9;1-9(8-13)6-10-2-4-11(7-12)5-3-10;1-3(5)4(2)6;1-2;;;1-2;;/h3-6,10,21H,7-9H2,1-2H3;3-6,9H,7H2,1-2H3;2-5,8,14-15H,6-7H2,1H3,(H2,12,13);2-5,8,14H,6-7H2,1H3,(H3,12,13);2-5,8H,6H2,1H3,(H,13,14);2-5,9,13H,6,8H2,1H3;3H,1-2H3;2H,1H3;;1H;2H,1H2;;/q;;;;;;;;;;;+1;-1/t10-;9-;3*8-;9-;;;;;;;/m000000......./s1. The molecule has 0 saturated carbocycles. The number of nitrogens with zero attached hydrogens (tertiary/aromatic N) is 5. The number of carboxylic acids is 1. The van der Waals surface area contributed by atoms with Gasteiger partial charge in [0.05, 0.1) is 64.4 Å². The molecule has 0 fully saturated rings. The number of carbonyl (C=O) groups is 3. The van der Waals surface area contributed by atoms with Gasteiger partial charge in [-0.05, 0) is 164 Å². The molecule has 7 rings (SSSR count). The Morgan fingerprint density at radius 3 is 1.10 bits per heavy atom. The number of aliphatic imine (C=N–C) groups is 1. The van der Waals surface area contributed by atoms with Crippen LogP contribution in [-0.4, -0.2) is 136 Å². The van der Waals surface area contributed by atoms with E-state index in [1.54, 1.807) is 86.6 Å². The third kappa shape index (κ3) is 45.8. The summed E-state index contributed by atoms with van der Waals surface area (Å²) >= 11 is 3.09. The molecule has 0 aromatic heterocycles. The first kappa shape index (κ1) is 106. The van der Waals surface area contributed by atoms with Gasteiger partial charge in [0.15, 0.2) is 5.84 Å². The molecule has 15 N–H and O–H groups in total. The number of carboxylic acid groups (broad SMARTS) is 1. The second kappa shape index (κ2) is 60.1. The normalized spacial score (nSPS) is 12.7. The van der Waals surface area contributed by atoms with Crippen LogP contribution in [0.25, 0.3) is 0 Å². The predicted molar refractivity (Wildman–Crippen MR) is 409 cm³/mol. The number of esters is 1. The van der Waals surface area contributed by atoms with Gasteiger partial charge >= 0.3 is 47.7 Å². The number of benzene rings is 6. The third-order valence-corrected chi connectivity index (χ3v) is 15.4. The Kier molecular flexibility index (Phi) is 60.4. The van der Waals surface area contributed by atoms with Crippen molar-refractivity contribution in [1.29, 1.82) is 21.2 Å². The predicted octanol–water partition coefficient (Wildman–Crippen LogP) is 8.90. The van der Waals surface area contributed by atoms with Crippen molar-refractivity contribution in [3.63, 3.8) is 0 Å². The Balaban J connectivity index is -0.000000275. The topological polar surface area (TPSA) is 420 Å². The van der Waals surface area contributed by atoms with Gasteiger partial charge in [-0.25, -0.2) is 10.9 Å². The van der Waals surface area contributed by atoms with Crippen molar-refractivity contribution in [3.8, 4) is 18.2 Å². The number of hydrogen-bond acceptors (Lipinski definition) is 18. The number of allylic oxidation sites excluding steroid dienone is 2. The molecule has 0 bridgehead atoms. The number of amidine groups is 2. The maximum absolute atomic E-state index is 12.8. The molecule has 0 aliphatic carbocycles. The summed E-state index contributed by atoms with van der Waals surface area (Å²) in [6, 6.07) is 50.2. The summed E-state index contributed by atoms with van der Waals surface area (Å²) in [4.78, 5) is 35.6. The fourth-order valence-electron chi connectivity index (χ4n) is 8.69. The maximum atomic E-state index is 12.8. The Labute approximate surface area is 656 Å². The fraction of sp³-hybridized carbons (Fsp3) is 0.390. The van der Waals surface area contributed by atoms with Gasteiger partial charge in [-0.2, -0.15) is 29.0 Å². The van der Waals surface area contributed by atoms with Crippen LogP contribution in [0.15, 0.2) is 167 Å². The molecular formula is C77H103BBrClF3N9NaO12. The number of hydrogen-bond donors (Lipinski definition) is 12. The molecule has 1 aliphatic heterocycles. The number of halogens is 5. The van der Waals surface area contributed by atoms with Crippen LogP contribution in [0.2, 0.25) is 0 Å². The van der Waals surface area contributed by atoms with Crippen LogP contribution in [0.3, 0.4) is 0 Å². The van der Waals surface area contributed by atoms with E-state index in [2.05, 4.69) is 42.8 Å². The van der Waals surface area contributed by atoms with Crippen LogP contribution in [-0.2, 0) is 57.6 Å². The number of oxime groups is 1. The number of ketones is 1. The number of alkyl halides is 4. The van der Waals surface area contributed by atoms with Crippen molar-refractivity contribution < 1.29 is 104 Å². The van der Waals surface area contributed by atoms with Crippen LogP contribution < -0.4 is 46.9 Å². The van der Waals surface area contributed by atoms with Crippen molar-refractivity contribution in [2.24, 2.45) is 63.0 Å². The Morgan fingerprint density at radius 1 is 0.590 bits per heavy atom. The monoisotopic (exact) mass is 1550 g/mol. The van der Waals surface area contributed by atoms with E-state index < -0.39 is 17.8 Å². The molecule has 1 aliphatic rings. The van der Waals surface area contributed by atoms with Crippen molar-refractivity contribution in [1.82, 2.24) is 0 Å². The molecule has 1 unspecified atom stereocenters. The summed E-state index contributed by atoms with van der Waals surface area (Å²) in [5, 5.41) is 102. The van der Waals surface area contributed by atoms with Crippen LogP contribution in [0, 0.1) is 74.9 Å². The minimum Gasteiger partial charge on any atom is -1.00 e. The number of aliphatic carboxylic acids is 1. The molecule has 3 radical (unpaired) electrons. The number of Topliss-reactive ketones (excluding diaryl/α,β-unsaturated/α-hetero) is 1. The van der Waals surface area contributed by atoms with Gasteiger partial charge in [0.25, 0.3) is 0 Å². The number of nitrogen functional groups attached to an aromatic ring is 1. The van der Waals surface area contributed by atoms with Crippen molar-refractivity contribution in [3.05, 3.63) is 224 Å². The number of methoxy groups -OCH3 is 1. The second-order valence-corrected chi connectivity index (χ2v) is 25.4. The number of rotatable bonds is 22. The molecule has 7 atom stereocenters. The molecule has 0 saturated heterocycles. The maximum Gasteiger partial charge on any atom is 1.00 e. The zero-order valence-electron chi connectivity index (χ0n) is 62.9. The molecule has 1 heterocycles. The second-order valence-electron chi connectivity index (χ2n) is 24.0. The van der Waals surface area contributed by atoms with E-state index in [-0.39, 0.29) is 154 Å². The number of aliphatic hydroxyl groups is 5. The van der Waals surface area contributed by atoms with Crippen LogP contribution in [0.4, 0.5) is 13.2 Å². The van der Waals surface area contributed by atoms with Gasteiger partial charge < -0.3 is 58.7 Å². The number of aliphatic hydroxyl groups excluding tert-OH is 5. The molecule has 105 heavy (non-hydrogen) atoms.